The lowest BCUT2D eigenvalue weighted by molar-refractivity contribution is -0.118. The fourth-order valence-corrected chi connectivity index (χ4v) is 4.11. The van der Waals surface area contributed by atoms with E-state index in [2.05, 4.69) is 25.9 Å². The van der Waals surface area contributed by atoms with Gasteiger partial charge in [0, 0.05) is 19.1 Å². The smallest absolute Gasteiger partial charge is 0.247 e. The van der Waals surface area contributed by atoms with E-state index in [0.29, 0.717) is 23.7 Å². The predicted octanol–water partition coefficient (Wildman–Crippen LogP) is 2.66. The van der Waals surface area contributed by atoms with Gasteiger partial charge in [-0.2, -0.15) is 4.98 Å². The number of pyridine rings is 1. The number of aromatic nitrogens is 3. The Morgan fingerprint density at radius 2 is 1.93 bits per heavy atom. The lowest BCUT2D eigenvalue weighted by Crippen LogP contribution is -2.50. The summed E-state index contributed by atoms with van der Waals surface area (Å²) in [5.41, 5.74) is 1.46. The zero-order chi connectivity index (χ0) is 21.4. The van der Waals surface area contributed by atoms with Gasteiger partial charge in [-0.3, -0.25) is 4.79 Å². The molecule has 1 aliphatic carbocycles. The molecule has 0 aromatic carbocycles. The zero-order valence-electron chi connectivity index (χ0n) is 18.1. The highest BCUT2D eigenvalue weighted by atomic mass is 16.5. The minimum atomic E-state index is -0.242. The number of amides is 1. The summed E-state index contributed by atoms with van der Waals surface area (Å²) in [4.78, 5) is 28.0. The number of fused-ring (bicyclic) bond motifs is 1. The summed E-state index contributed by atoms with van der Waals surface area (Å²) in [5.74, 6) is 3.13. The van der Waals surface area contributed by atoms with Gasteiger partial charge in [0.1, 0.15) is 23.3 Å². The summed E-state index contributed by atoms with van der Waals surface area (Å²) in [6.07, 6.45) is 3.61. The summed E-state index contributed by atoms with van der Waals surface area (Å²) >= 11 is 0. The number of methoxy groups -OCH3 is 1. The third kappa shape index (κ3) is 3.83. The van der Waals surface area contributed by atoms with E-state index >= 15 is 0 Å². The number of carbonyl (C=O) groups is 1. The van der Waals surface area contributed by atoms with Gasteiger partial charge in [0.05, 0.1) is 19.0 Å². The molecule has 1 amide bonds. The topological polar surface area (TPSA) is 104 Å². The number of anilines is 4. The van der Waals surface area contributed by atoms with Crippen LogP contribution in [0.2, 0.25) is 0 Å². The number of nitrogens with zero attached hydrogens (tertiary/aromatic N) is 4. The molecule has 0 spiro atoms. The molecule has 30 heavy (non-hydrogen) atoms. The Balaban J connectivity index is 1.39. The molecule has 2 aromatic rings. The first-order valence-corrected chi connectivity index (χ1v) is 10.3. The molecule has 160 valence electrons. The summed E-state index contributed by atoms with van der Waals surface area (Å²) in [6, 6.07) is 4.23. The zero-order valence-corrected chi connectivity index (χ0v) is 18.1. The minimum Gasteiger partial charge on any atom is -0.495 e. The van der Waals surface area contributed by atoms with Crippen molar-refractivity contribution < 1.29 is 9.53 Å². The molecule has 1 atom stereocenters. The highest BCUT2D eigenvalue weighted by molar-refractivity contribution is 6.03. The summed E-state index contributed by atoms with van der Waals surface area (Å²) < 4.78 is 5.14. The van der Waals surface area contributed by atoms with Crippen LogP contribution in [0.25, 0.3) is 0 Å². The molecule has 2 aromatic heterocycles. The van der Waals surface area contributed by atoms with Crippen LogP contribution in [0.3, 0.4) is 0 Å². The van der Waals surface area contributed by atoms with Gasteiger partial charge in [-0.05, 0) is 37.8 Å². The van der Waals surface area contributed by atoms with Gasteiger partial charge in [0.15, 0.2) is 5.82 Å². The van der Waals surface area contributed by atoms with Crippen LogP contribution in [0.5, 0.6) is 5.75 Å². The van der Waals surface area contributed by atoms with Crippen molar-refractivity contribution in [3.05, 3.63) is 24.0 Å². The van der Waals surface area contributed by atoms with E-state index < -0.39 is 0 Å². The Labute approximate surface area is 176 Å². The molecule has 3 heterocycles. The van der Waals surface area contributed by atoms with Crippen LogP contribution >= 0.6 is 0 Å². The molecule has 1 saturated carbocycles. The van der Waals surface area contributed by atoms with Crippen molar-refractivity contribution in [2.45, 2.75) is 51.7 Å². The quantitative estimate of drug-likeness (QED) is 0.666. The fraction of sp³-hybridized carbons (Fsp3) is 0.524. The number of carbonyl (C=O) groups excluding carboxylic acids is 1. The Kier molecular flexibility index (Phi) is 5.36. The minimum absolute atomic E-state index is 0.00698. The van der Waals surface area contributed by atoms with E-state index in [1.54, 1.807) is 13.3 Å². The first kappa shape index (κ1) is 20.2. The van der Waals surface area contributed by atoms with E-state index in [9.17, 15) is 4.79 Å². The highest BCUT2D eigenvalue weighted by Gasteiger charge is 2.36. The van der Waals surface area contributed by atoms with Crippen LogP contribution in [0.15, 0.2) is 18.3 Å². The second-order valence-corrected chi connectivity index (χ2v) is 8.36. The predicted molar refractivity (Wildman–Crippen MR) is 117 cm³/mol. The molecule has 3 N–H and O–H groups in total. The largest absolute Gasteiger partial charge is 0.495 e. The van der Waals surface area contributed by atoms with E-state index in [1.165, 1.54) is 0 Å². The average Bonchev–Trinajstić information content (AvgIpc) is 2.67. The van der Waals surface area contributed by atoms with Crippen molar-refractivity contribution in [1.82, 2.24) is 15.0 Å². The maximum absolute atomic E-state index is 12.5. The molecule has 0 saturated heterocycles. The Morgan fingerprint density at radius 3 is 2.57 bits per heavy atom. The second kappa shape index (κ2) is 7.97. The first-order valence-electron chi connectivity index (χ1n) is 10.3. The number of rotatable bonds is 6. The monoisotopic (exact) mass is 411 g/mol. The van der Waals surface area contributed by atoms with Crippen molar-refractivity contribution >= 4 is 29.2 Å². The SMILES string of the molecule is COc1ccc(NC2CC(Nc3nc(C)c4c(n3)N(C)[C@@H](C(C)C)C(=O)N4)C2)nc1. The van der Waals surface area contributed by atoms with Crippen molar-refractivity contribution in [1.29, 1.82) is 0 Å². The van der Waals surface area contributed by atoms with Gasteiger partial charge in [0.25, 0.3) is 0 Å². The third-order valence-corrected chi connectivity index (χ3v) is 5.77. The molecule has 0 radical (unpaired) electrons. The van der Waals surface area contributed by atoms with Gasteiger partial charge in [0.2, 0.25) is 11.9 Å². The number of aryl methyl sites for hydroxylation is 1. The number of hydrogen-bond donors (Lipinski definition) is 3. The molecular weight excluding hydrogens is 382 g/mol. The molecule has 2 aliphatic rings. The number of likely N-dealkylation sites (N-methyl/N-ethyl adjacent to an activating group) is 1. The van der Waals surface area contributed by atoms with E-state index in [1.807, 2.05) is 44.9 Å². The molecule has 0 bridgehead atoms. The normalized spacial score (nSPS) is 22.8. The van der Waals surface area contributed by atoms with Gasteiger partial charge in [-0.15, -0.1) is 0 Å². The van der Waals surface area contributed by atoms with Crippen molar-refractivity contribution in [2.24, 2.45) is 5.92 Å². The molecule has 9 nitrogen and oxygen atoms in total. The number of nitrogens with one attached hydrogen (secondary N) is 3. The summed E-state index contributed by atoms with van der Waals surface area (Å²) in [6.45, 7) is 5.98. The number of hydrogen-bond acceptors (Lipinski definition) is 8. The molecule has 1 aliphatic heterocycles. The maximum atomic E-state index is 12.5. The second-order valence-electron chi connectivity index (χ2n) is 8.36. The molecule has 0 unspecified atom stereocenters. The standard InChI is InChI=1S/C21H29N7O2/c1-11(2)18-20(29)26-17-12(3)23-21(27-19(17)28(18)4)25-14-8-13(9-14)24-16-7-6-15(30-5)10-22-16/h6-7,10-11,13-14,18H,8-9H2,1-5H3,(H,22,24)(H,26,29)(H,23,25,27)/t13?,14?,18-/m0/s1. The van der Waals surface area contributed by atoms with Crippen LogP contribution in [0, 0.1) is 12.8 Å². The number of ether oxygens (including phenoxy) is 1. The van der Waals surface area contributed by atoms with E-state index in [4.69, 9.17) is 9.72 Å². The lowest BCUT2D eigenvalue weighted by atomic mass is 9.87. The fourth-order valence-electron chi connectivity index (χ4n) is 4.11. The highest BCUT2D eigenvalue weighted by Crippen LogP contribution is 2.35. The third-order valence-electron chi connectivity index (χ3n) is 5.77. The van der Waals surface area contributed by atoms with E-state index in [0.717, 1.165) is 35.9 Å². The Hall–Kier alpha value is -3.10. The Bertz CT molecular complexity index is 926. The maximum Gasteiger partial charge on any atom is 0.247 e. The first-order chi connectivity index (χ1) is 14.4. The van der Waals surface area contributed by atoms with Crippen LogP contribution in [0.1, 0.15) is 32.4 Å². The van der Waals surface area contributed by atoms with Crippen LogP contribution in [-0.2, 0) is 4.79 Å². The Morgan fingerprint density at radius 1 is 1.20 bits per heavy atom. The summed E-state index contributed by atoms with van der Waals surface area (Å²) in [7, 11) is 3.55. The van der Waals surface area contributed by atoms with Crippen molar-refractivity contribution in [2.75, 3.05) is 35.0 Å². The average molecular weight is 412 g/mol. The lowest BCUT2D eigenvalue weighted by Gasteiger charge is -2.38. The van der Waals surface area contributed by atoms with Crippen LogP contribution in [-0.4, -0.2) is 53.1 Å². The molecular formula is C21H29N7O2. The van der Waals surface area contributed by atoms with Crippen LogP contribution in [0.4, 0.5) is 23.3 Å². The van der Waals surface area contributed by atoms with Crippen molar-refractivity contribution in [3.8, 4) is 5.75 Å². The van der Waals surface area contributed by atoms with Gasteiger partial charge < -0.3 is 25.6 Å². The van der Waals surface area contributed by atoms with Gasteiger partial charge in [-0.25, -0.2) is 9.97 Å². The molecule has 4 rings (SSSR count). The van der Waals surface area contributed by atoms with E-state index in [-0.39, 0.29) is 17.9 Å². The van der Waals surface area contributed by atoms with Gasteiger partial charge in [-0.1, -0.05) is 13.8 Å². The summed E-state index contributed by atoms with van der Waals surface area (Å²) in [5, 5.41) is 9.85. The molecule has 1 fully saturated rings. The van der Waals surface area contributed by atoms with Crippen LogP contribution < -0.4 is 25.6 Å². The van der Waals surface area contributed by atoms with Gasteiger partial charge >= 0.3 is 0 Å². The molecule has 9 heteroatoms. The van der Waals surface area contributed by atoms with Crippen molar-refractivity contribution in [3.63, 3.8) is 0 Å².